The second kappa shape index (κ2) is 9.79. The Balaban J connectivity index is 1.66. The van der Waals surface area contributed by atoms with Crippen molar-refractivity contribution in [3.8, 4) is 0 Å². The monoisotopic (exact) mass is 487 g/mol. The normalized spacial score (nSPS) is 22.0. The molecule has 5 nitrogen and oxygen atoms in total. The summed E-state index contributed by atoms with van der Waals surface area (Å²) in [5, 5.41) is 11.7. The van der Waals surface area contributed by atoms with Gasteiger partial charge in [-0.25, -0.2) is 8.42 Å². The fourth-order valence-electron chi connectivity index (χ4n) is 3.99. The minimum absolute atomic E-state index is 0.0411. The number of sulfonamides is 1. The molecule has 1 aliphatic heterocycles. The van der Waals surface area contributed by atoms with Gasteiger partial charge in [0.05, 0.1) is 16.9 Å². The average molecular weight is 488 g/mol. The highest BCUT2D eigenvalue weighted by Crippen LogP contribution is 2.44. The molecule has 168 valence electrons. The van der Waals surface area contributed by atoms with Crippen LogP contribution in [0.15, 0.2) is 77.0 Å². The fourth-order valence-corrected chi connectivity index (χ4v) is 7.90. The highest BCUT2D eigenvalue weighted by atomic mass is 32.2. The lowest BCUT2D eigenvalue weighted by Gasteiger charge is -2.41. The zero-order valence-corrected chi connectivity index (χ0v) is 20.1. The molecule has 1 N–H and O–H groups in total. The molecule has 3 atom stereocenters. The van der Waals surface area contributed by atoms with E-state index in [0.29, 0.717) is 12.2 Å². The number of aryl methyl sites for hydroxylation is 1. The highest BCUT2D eigenvalue weighted by Gasteiger charge is 2.45. The van der Waals surface area contributed by atoms with E-state index >= 15 is 0 Å². The third-order valence-corrected chi connectivity index (χ3v) is 10.1. The number of thiophene rings is 1. The first kappa shape index (κ1) is 23.0. The van der Waals surface area contributed by atoms with Crippen LogP contribution < -0.4 is 0 Å². The van der Waals surface area contributed by atoms with Crippen molar-refractivity contribution in [2.24, 2.45) is 5.92 Å². The molecule has 3 aromatic rings. The number of thioether (sulfide) groups is 1. The third kappa shape index (κ3) is 4.93. The summed E-state index contributed by atoms with van der Waals surface area (Å²) < 4.78 is 28.6. The van der Waals surface area contributed by atoms with E-state index < -0.39 is 21.9 Å². The van der Waals surface area contributed by atoms with Crippen molar-refractivity contribution in [1.29, 1.82) is 0 Å². The molecule has 1 saturated heterocycles. The van der Waals surface area contributed by atoms with Crippen molar-refractivity contribution in [2.45, 2.75) is 35.3 Å². The molecule has 0 radical (unpaired) electrons. The number of carbonyl (C=O) groups is 1. The number of carboxylic acid groups (broad SMARTS) is 1. The van der Waals surface area contributed by atoms with Gasteiger partial charge in [0.25, 0.3) is 0 Å². The van der Waals surface area contributed by atoms with Crippen LogP contribution in [0, 0.1) is 12.8 Å². The molecule has 0 amide bonds. The minimum Gasteiger partial charge on any atom is -0.481 e. The van der Waals surface area contributed by atoms with Gasteiger partial charge in [-0.15, -0.1) is 11.3 Å². The van der Waals surface area contributed by atoms with Crippen LogP contribution in [0.25, 0.3) is 0 Å². The van der Waals surface area contributed by atoms with E-state index in [2.05, 4.69) is 0 Å². The topological polar surface area (TPSA) is 74.7 Å². The van der Waals surface area contributed by atoms with E-state index in [4.69, 9.17) is 0 Å². The predicted molar refractivity (Wildman–Crippen MR) is 129 cm³/mol. The zero-order valence-electron chi connectivity index (χ0n) is 17.6. The molecule has 2 heterocycles. The number of carboxylic acids is 1. The first-order valence-corrected chi connectivity index (χ1v) is 13.7. The molecule has 1 fully saturated rings. The van der Waals surface area contributed by atoms with E-state index in [1.807, 2.05) is 54.8 Å². The van der Waals surface area contributed by atoms with Gasteiger partial charge in [-0.3, -0.25) is 4.79 Å². The molecule has 8 heteroatoms. The van der Waals surface area contributed by atoms with Crippen LogP contribution in [0.5, 0.6) is 0 Å². The molecule has 4 rings (SSSR count). The van der Waals surface area contributed by atoms with Crippen molar-refractivity contribution in [3.05, 3.63) is 88.1 Å². The summed E-state index contributed by atoms with van der Waals surface area (Å²) in [5.41, 5.74) is 2.10. The van der Waals surface area contributed by atoms with E-state index in [1.165, 1.54) is 15.6 Å². The number of hydrogen-bond acceptors (Lipinski definition) is 5. The number of benzene rings is 2. The maximum Gasteiger partial charge on any atom is 0.308 e. The van der Waals surface area contributed by atoms with E-state index in [9.17, 15) is 18.3 Å². The number of nitrogens with zero attached hydrogens (tertiary/aromatic N) is 1. The first-order valence-electron chi connectivity index (χ1n) is 10.4. The summed E-state index contributed by atoms with van der Waals surface area (Å²) in [4.78, 5) is 13.3. The molecule has 1 aliphatic rings. The minimum atomic E-state index is -3.84. The van der Waals surface area contributed by atoms with Gasteiger partial charge < -0.3 is 5.11 Å². The second-order valence-corrected chi connectivity index (χ2v) is 12.0. The summed E-state index contributed by atoms with van der Waals surface area (Å²) in [5.74, 6) is -1.04. The van der Waals surface area contributed by atoms with E-state index in [-0.39, 0.29) is 22.7 Å². The van der Waals surface area contributed by atoms with Gasteiger partial charge in [-0.1, -0.05) is 54.1 Å². The summed E-state index contributed by atoms with van der Waals surface area (Å²) in [6, 6.07) is 20.1. The van der Waals surface area contributed by atoms with Crippen LogP contribution in [-0.2, 0) is 20.6 Å². The van der Waals surface area contributed by atoms with Gasteiger partial charge in [0.2, 0.25) is 10.0 Å². The number of aliphatic carboxylic acids is 1. The van der Waals surface area contributed by atoms with Gasteiger partial charge >= 0.3 is 5.97 Å². The smallest absolute Gasteiger partial charge is 0.308 e. The Labute approximate surface area is 197 Å². The Morgan fingerprint density at radius 1 is 1.09 bits per heavy atom. The van der Waals surface area contributed by atoms with Crippen LogP contribution >= 0.6 is 23.1 Å². The summed E-state index contributed by atoms with van der Waals surface area (Å²) in [7, 11) is -3.84. The van der Waals surface area contributed by atoms with Crippen LogP contribution in [0.1, 0.15) is 28.5 Å². The number of hydrogen-bond donors (Lipinski definition) is 1. The number of rotatable bonds is 7. The maximum absolute atomic E-state index is 13.6. The lowest BCUT2D eigenvalue weighted by Crippen LogP contribution is -2.49. The Morgan fingerprint density at radius 2 is 1.81 bits per heavy atom. The number of piperidine rings is 1. The average Bonchev–Trinajstić information content (AvgIpc) is 3.33. The van der Waals surface area contributed by atoms with Gasteiger partial charge in [0, 0.05) is 22.4 Å². The molecule has 32 heavy (non-hydrogen) atoms. The molecule has 1 aromatic heterocycles. The molecule has 0 unspecified atom stereocenters. The predicted octanol–water partition coefficient (Wildman–Crippen LogP) is 5.20. The Morgan fingerprint density at radius 3 is 2.44 bits per heavy atom. The van der Waals surface area contributed by atoms with Crippen LogP contribution in [0.3, 0.4) is 0 Å². The van der Waals surface area contributed by atoms with Crippen molar-refractivity contribution in [2.75, 3.05) is 6.54 Å². The lowest BCUT2D eigenvalue weighted by atomic mass is 9.93. The van der Waals surface area contributed by atoms with Crippen molar-refractivity contribution in [1.82, 2.24) is 4.31 Å². The van der Waals surface area contributed by atoms with E-state index in [0.717, 1.165) is 16.0 Å². The van der Waals surface area contributed by atoms with Gasteiger partial charge in [0.15, 0.2) is 0 Å². The van der Waals surface area contributed by atoms with Crippen LogP contribution in [0.4, 0.5) is 0 Å². The molecule has 0 aliphatic carbocycles. The Hall–Kier alpha value is -2.13. The van der Waals surface area contributed by atoms with Crippen molar-refractivity contribution >= 4 is 39.1 Å². The molecular weight excluding hydrogens is 462 g/mol. The third-order valence-electron chi connectivity index (χ3n) is 5.75. The van der Waals surface area contributed by atoms with Crippen LogP contribution in [0.2, 0.25) is 0 Å². The molecule has 0 saturated carbocycles. The van der Waals surface area contributed by atoms with Crippen LogP contribution in [-0.4, -0.2) is 35.6 Å². The highest BCUT2D eigenvalue weighted by molar-refractivity contribution is 7.99. The quantitative estimate of drug-likeness (QED) is 0.496. The SMILES string of the molecule is Cc1ccc(S(=O)(=O)N2C[C@@H](C(=O)O)[C@H](SCc3ccccc3)C[C@H]2c2cccs2)cc1. The van der Waals surface area contributed by atoms with Crippen molar-refractivity contribution in [3.63, 3.8) is 0 Å². The first-order chi connectivity index (χ1) is 15.4. The summed E-state index contributed by atoms with van der Waals surface area (Å²) in [6.45, 7) is 1.86. The Bertz CT molecular complexity index is 1150. The standard InChI is InChI=1S/C24H25NO4S3/c1-17-9-11-19(12-10-17)32(28,29)25-15-20(24(26)27)23(14-21(25)22-8-5-13-30-22)31-16-18-6-3-2-4-7-18/h2-13,20-21,23H,14-16H2,1H3,(H,26,27)/t20-,21+,23-/m1/s1. The maximum atomic E-state index is 13.6. The Kier molecular flexibility index (Phi) is 7.05. The fraction of sp³-hybridized carbons (Fsp3) is 0.292. The van der Waals surface area contributed by atoms with Gasteiger partial charge in [-0.05, 0) is 42.5 Å². The van der Waals surface area contributed by atoms with Gasteiger partial charge in [0.1, 0.15) is 0 Å². The molecular formula is C24H25NO4S3. The van der Waals surface area contributed by atoms with Gasteiger partial charge in [-0.2, -0.15) is 16.1 Å². The van der Waals surface area contributed by atoms with E-state index in [1.54, 1.807) is 36.0 Å². The largest absolute Gasteiger partial charge is 0.481 e. The molecule has 0 bridgehead atoms. The zero-order chi connectivity index (χ0) is 22.7. The molecule has 2 aromatic carbocycles. The summed E-state index contributed by atoms with van der Waals surface area (Å²) in [6.07, 6.45) is 0.458. The second-order valence-electron chi connectivity index (χ2n) is 7.93. The molecule has 0 spiro atoms. The lowest BCUT2D eigenvalue weighted by molar-refractivity contribution is -0.143. The van der Waals surface area contributed by atoms with Crippen molar-refractivity contribution < 1.29 is 18.3 Å². The summed E-state index contributed by atoms with van der Waals surface area (Å²) >= 11 is 3.11.